The van der Waals surface area contributed by atoms with Gasteiger partial charge in [0, 0.05) is 17.4 Å². The maximum absolute atomic E-state index is 12.0. The average Bonchev–Trinajstić information content (AvgIpc) is 3.03. The van der Waals surface area contributed by atoms with Gasteiger partial charge in [-0.2, -0.15) is 5.21 Å². The van der Waals surface area contributed by atoms with E-state index in [-0.39, 0.29) is 5.91 Å². The van der Waals surface area contributed by atoms with Crippen molar-refractivity contribution in [3.63, 3.8) is 0 Å². The van der Waals surface area contributed by atoms with Crippen molar-refractivity contribution < 1.29 is 4.79 Å². The van der Waals surface area contributed by atoms with E-state index in [1.807, 2.05) is 0 Å². The Kier molecular flexibility index (Phi) is 3.57. The number of carbonyl (C=O) groups is 1. The molecule has 0 fully saturated rings. The van der Waals surface area contributed by atoms with Crippen LogP contribution in [0.15, 0.2) is 42.6 Å². The highest BCUT2D eigenvalue weighted by Crippen LogP contribution is 2.17. The largest absolute Gasteiger partial charge is 0.322 e. The zero-order valence-electron chi connectivity index (χ0n) is 10.6. The molecule has 0 saturated carbocycles. The van der Waals surface area contributed by atoms with Crippen LogP contribution in [0.5, 0.6) is 0 Å². The molecule has 0 aliphatic rings. The monoisotopic (exact) mass is 300 g/mol. The molecule has 8 heteroatoms. The van der Waals surface area contributed by atoms with Gasteiger partial charge in [-0.15, -0.1) is 10.2 Å². The molecule has 21 heavy (non-hydrogen) atoms. The summed E-state index contributed by atoms with van der Waals surface area (Å²) < 4.78 is 0. The smallest absolute Gasteiger partial charge is 0.257 e. The molecular formula is C13H9ClN6O. The van der Waals surface area contributed by atoms with Gasteiger partial charge in [-0.1, -0.05) is 11.6 Å². The van der Waals surface area contributed by atoms with E-state index in [2.05, 4.69) is 30.9 Å². The van der Waals surface area contributed by atoms with Crippen molar-refractivity contribution in [3.8, 4) is 11.4 Å². The lowest BCUT2D eigenvalue weighted by Gasteiger charge is -2.05. The van der Waals surface area contributed by atoms with Gasteiger partial charge in [-0.3, -0.25) is 4.79 Å². The predicted octanol–water partition coefficient (Wildman–Crippen LogP) is 2.17. The standard InChI is InChI=1S/C13H9ClN6O/c14-11-6-3-9(7-15-11)13(21)16-10-4-1-8(2-5-10)12-17-19-20-18-12/h1-7H,(H,16,21)(H,17,18,19,20). The Labute approximate surface area is 124 Å². The molecule has 7 nitrogen and oxygen atoms in total. The minimum atomic E-state index is -0.258. The maximum atomic E-state index is 12.0. The fraction of sp³-hybridized carbons (Fsp3) is 0. The molecule has 2 N–H and O–H groups in total. The summed E-state index contributed by atoms with van der Waals surface area (Å²) in [5.41, 5.74) is 1.89. The molecule has 0 saturated heterocycles. The Morgan fingerprint density at radius 3 is 2.57 bits per heavy atom. The van der Waals surface area contributed by atoms with Crippen LogP contribution in [0.1, 0.15) is 10.4 Å². The number of anilines is 1. The Morgan fingerprint density at radius 2 is 1.95 bits per heavy atom. The lowest BCUT2D eigenvalue weighted by molar-refractivity contribution is 0.102. The lowest BCUT2D eigenvalue weighted by atomic mass is 10.2. The predicted molar refractivity (Wildman–Crippen MR) is 76.8 cm³/mol. The third-order valence-electron chi connectivity index (χ3n) is 2.74. The number of hydrogen-bond donors (Lipinski definition) is 2. The fourth-order valence-electron chi connectivity index (χ4n) is 1.70. The van der Waals surface area contributed by atoms with Crippen molar-refractivity contribution in [1.82, 2.24) is 25.6 Å². The first kappa shape index (κ1) is 13.2. The number of aromatic amines is 1. The quantitative estimate of drug-likeness (QED) is 0.723. The molecule has 2 aromatic heterocycles. The zero-order chi connectivity index (χ0) is 14.7. The number of hydrogen-bond acceptors (Lipinski definition) is 5. The molecule has 1 amide bonds. The van der Waals surface area contributed by atoms with Crippen molar-refractivity contribution in [3.05, 3.63) is 53.3 Å². The molecule has 0 spiro atoms. The van der Waals surface area contributed by atoms with Crippen LogP contribution in [0, 0.1) is 0 Å². The van der Waals surface area contributed by atoms with Crippen molar-refractivity contribution >= 4 is 23.2 Å². The molecule has 0 radical (unpaired) electrons. The SMILES string of the molecule is O=C(Nc1ccc(-c2nn[nH]n2)cc1)c1ccc(Cl)nc1. The van der Waals surface area contributed by atoms with Gasteiger partial charge >= 0.3 is 0 Å². The molecule has 0 atom stereocenters. The third kappa shape index (κ3) is 3.03. The Balaban J connectivity index is 1.73. The summed E-state index contributed by atoms with van der Waals surface area (Å²) >= 11 is 5.68. The summed E-state index contributed by atoms with van der Waals surface area (Å²) in [4.78, 5) is 15.9. The topological polar surface area (TPSA) is 96.5 Å². The maximum Gasteiger partial charge on any atom is 0.257 e. The van der Waals surface area contributed by atoms with Crippen LogP contribution in [0.4, 0.5) is 5.69 Å². The number of pyridine rings is 1. The number of nitrogens with one attached hydrogen (secondary N) is 2. The number of benzene rings is 1. The van der Waals surface area contributed by atoms with Crippen LogP contribution >= 0.6 is 11.6 Å². The van der Waals surface area contributed by atoms with Crippen molar-refractivity contribution in [2.45, 2.75) is 0 Å². The Bertz CT molecular complexity index is 739. The number of nitrogens with zero attached hydrogens (tertiary/aromatic N) is 4. The van der Waals surface area contributed by atoms with Gasteiger partial charge in [0.25, 0.3) is 5.91 Å². The summed E-state index contributed by atoms with van der Waals surface area (Å²) in [6.45, 7) is 0. The van der Waals surface area contributed by atoms with E-state index in [0.29, 0.717) is 22.2 Å². The van der Waals surface area contributed by atoms with E-state index in [9.17, 15) is 4.79 Å². The lowest BCUT2D eigenvalue weighted by Crippen LogP contribution is -2.11. The number of halogens is 1. The first-order chi connectivity index (χ1) is 10.2. The third-order valence-corrected chi connectivity index (χ3v) is 2.96. The van der Waals surface area contributed by atoms with E-state index < -0.39 is 0 Å². The molecule has 104 valence electrons. The van der Waals surface area contributed by atoms with Gasteiger partial charge in [0.05, 0.1) is 5.56 Å². The molecule has 1 aromatic carbocycles. The van der Waals surface area contributed by atoms with Crippen molar-refractivity contribution in [2.75, 3.05) is 5.32 Å². The van der Waals surface area contributed by atoms with Crippen LogP contribution in [-0.4, -0.2) is 31.5 Å². The van der Waals surface area contributed by atoms with Crippen LogP contribution in [0.3, 0.4) is 0 Å². The van der Waals surface area contributed by atoms with E-state index in [1.165, 1.54) is 6.20 Å². The van der Waals surface area contributed by atoms with Crippen LogP contribution < -0.4 is 5.32 Å². The second-order valence-electron chi connectivity index (χ2n) is 4.14. The molecule has 3 rings (SSSR count). The van der Waals surface area contributed by atoms with Gasteiger partial charge in [0.1, 0.15) is 5.15 Å². The van der Waals surface area contributed by atoms with Gasteiger partial charge in [-0.05, 0) is 41.6 Å². The highest BCUT2D eigenvalue weighted by atomic mass is 35.5. The van der Waals surface area contributed by atoms with E-state index in [4.69, 9.17) is 11.6 Å². The van der Waals surface area contributed by atoms with Gasteiger partial charge < -0.3 is 5.32 Å². The number of H-pyrrole nitrogens is 1. The highest BCUT2D eigenvalue weighted by molar-refractivity contribution is 6.29. The van der Waals surface area contributed by atoms with E-state index in [1.54, 1.807) is 36.4 Å². The van der Waals surface area contributed by atoms with E-state index >= 15 is 0 Å². The summed E-state index contributed by atoms with van der Waals surface area (Å²) in [5, 5.41) is 16.7. The number of rotatable bonds is 3. The molecule has 0 aliphatic carbocycles. The summed E-state index contributed by atoms with van der Waals surface area (Å²) in [5.74, 6) is 0.237. The minimum Gasteiger partial charge on any atom is -0.322 e. The highest BCUT2D eigenvalue weighted by Gasteiger charge is 2.07. The molecular weight excluding hydrogens is 292 g/mol. The summed E-state index contributed by atoms with van der Waals surface area (Å²) in [7, 11) is 0. The van der Waals surface area contributed by atoms with Gasteiger partial charge in [-0.25, -0.2) is 4.98 Å². The van der Waals surface area contributed by atoms with E-state index in [0.717, 1.165) is 5.56 Å². The number of aromatic nitrogens is 5. The number of amides is 1. The molecule has 0 unspecified atom stereocenters. The average molecular weight is 301 g/mol. The zero-order valence-corrected chi connectivity index (χ0v) is 11.4. The van der Waals surface area contributed by atoms with Crippen molar-refractivity contribution in [2.24, 2.45) is 0 Å². The van der Waals surface area contributed by atoms with Crippen LogP contribution in [-0.2, 0) is 0 Å². The van der Waals surface area contributed by atoms with Gasteiger partial charge in [0.2, 0.25) is 5.82 Å². The molecule has 3 aromatic rings. The van der Waals surface area contributed by atoms with Crippen molar-refractivity contribution in [1.29, 1.82) is 0 Å². The summed E-state index contributed by atoms with van der Waals surface area (Å²) in [6, 6.07) is 10.3. The fourth-order valence-corrected chi connectivity index (χ4v) is 1.81. The van der Waals surface area contributed by atoms with Crippen LogP contribution in [0.25, 0.3) is 11.4 Å². The first-order valence-electron chi connectivity index (χ1n) is 5.99. The van der Waals surface area contributed by atoms with Crippen LogP contribution in [0.2, 0.25) is 5.15 Å². The second kappa shape index (κ2) is 5.68. The minimum absolute atomic E-state index is 0.258. The summed E-state index contributed by atoms with van der Waals surface area (Å²) in [6.07, 6.45) is 1.42. The Hall–Kier alpha value is -2.80. The number of tetrazole rings is 1. The molecule has 0 bridgehead atoms. The molecule has 2 heterocycles. The van der Waals surface area contributed by atoms with Gasteiger partial charge in [0.15, 0.2) is 0 Å². The number of carbonyl (C=O) groups excluding carboxylic acids is 1. The molecule has 0 aliphatic heterocycles. The first-order valence-corrected chi connectivity index (χ1v) is 6.37. The normalized spacial score (nSPS) is 10.3. The Morgan fingerprint density at radius 1 is 1.14 bits per heavy atom. The second-order valence-corrected chi connectivity index (χ2v) is 4.52.